The van der Waals surface area contributed by atoms with Crippen LogP contribution in [0.2, 0.25) is 0 Å². The molecule has 0 unspecified atom stereocenters. The summed E-state index contributed by atoms with van der Waals surface area (Å²) in [6.07, 6.45) is 7.19. The minimum absolute atomic E-state index is 0.332. The molecule has 0 aromatic carbocycles. The van der Waals surface area contributed by atoms with E-state index in [-0.39, 0.29) is 0 Å². The molecule has 2 fully saturated rings. The highest BCUT2D eigenvalue weighted by atomic mass is 15.3. The molecule has 2 aliphatic rings. The van der Waals surface area contributed by atoms with Crippen molar-refractivity contribution in [1.29, 1.82) is 0 Å². The molecule has 21 heavy (non-hydrogen) atoms. The Morgan fingerprint density at radius 1 is 0.952 bits per heavy atom. The Hall–Kier alpha value is -0.120. The quantitative estimate of drug-likeness (QED) is 0.841. The molecule has 0 spiro atoms. The molecule has 3 nitrogen and oxygen atoms in total. The van der Waals surface area contributed by atoms with Crippen molar-refractivity contribution < 1.29 is 0 Å². The van der Waals surface area contributed by atoms with E-state index in [1.54, 1.807) is 0 Å². The molecule has 0 aromatic heterocycles. The molecule has 0 bridgehead atoms. The molecule has 0 amide bonds. The van der Waals surface area contributed by atoms with Crippen LogP contribution in [0.5, 0.6) is 0 Å². The van der Waals surface area contributed by atoms with Crippen LogP contribution in [0.3, 0.4) is 0 Å². The molecule has 1 N–H and O–H groups in total. The molecule has 0 atom stereocenters. The highest BCUT2D eigenvalue weighted by Crippen LogP contribution is 2.37. The lowest BCUT2D eigenvalue weighted by atomic mass is 9.73. The van der Waals surface area contributed by atoms with Gasteiger partial charge in [-0.2, -0.15) is 0 Å². The summed E-state index contributed by atoms with van der Waals surface area (Å²) in [5.74, 6) is 0. The van der Waals surface area contributed by atoms with Gasteiger partial charge in [-0.3, -0.25) is 4.90 Å². The lowest BCUT2D eigenvalue weighted by Crippen LogP contribution is -2.56. The van der Waals surface area contributed by atoms with E-state index >= 15 is 0 Å². The van der Waals surface area contributed by atoms with E-state index in [0.717, 1.165) is 6.54 Å². The van der Waals surface area contributed by atoms with E-state index in [9.17, 15) is 0 Å². The number of hydrogen-bond donors (Lipinski definition) is 1. The van der Waals surface area contributed by atoms with Crippen molar-refractivity contribution in [3.63, 3.8) is 0 Å². The Kier molecular flexibility index (Phi) is 6.10. The van der Waals surface area contributed by atoms with Gasteiger partial charge in [-0.25, -0.2) is 0 Å². The average Bonchev–Trinajstić information content (AvgIpc) is 2.46. The number of piperazine rings is 1. The maximum absolute atomic E-state index is 3.64. The largest absolute Gasteiger partial charge is 0.316 e. The van der Waals surface area contributed by atoms with Crippen LogP contribution in [0.4, 0.5) is 0 Å². The predicted molar refractivity (Wildman–Crippen MR) is 91.8 cm³/mol. The Bertz CT molecular complexity index is 294. The van der Waals surface area contributed by atoms with Crippen LogP contribution in [0.1, 0.15) is 59.8 Å². The molecule has 124 valence electrons. The Labute approximate surface area is 132 Å². The summed E-state index contributed by atoms with van der Waals surface area (Å²) in [6.45, 7) is 17.9. The normalized spacial score (nSPS) is 25.1. The number of nitrogens with one attached hydrogen (secondary N) is 1. The summed E-state index contributed by atoms with van der Waals surface area (Å²) in [7, 11) is 0. The van der Waals surface area contributed by atoms with Crippen LogP contribution < -0.4 is 5.32 Å². The molecule has 0 radical (unpaired) electrons. The lowest BCUT2D eigenvalue weighted by molar-refractivity contribution is 0.0290. The van der Waals surface area contributed by atoms with Gasteiger partial charge in [0.2, 0.25) is 0 Å². The maximum atomic E-state index is 3.64. The standard InChI is InChI=1S/C18H37N3/c1-5-19-15-18(9-7-6-8-10-18)16-20-11-13-21(14-12-20)17(2,3)4/h19H,5-16H2,1-4H3. The van der Waals surface area contributed by atoms with Crippen molar-refractivity contribution in [2.24, 2.45) is 5.41 Å². The van der Waals surface area contributed by atoms with Crippen LogP contribution in [0, 0.1) is 5.41 Å². The second-order valence-corrected chi connectivity index (χ2v) is 8.28. The van der Waals surface area contributed by atoms with Gasteiger partial charge in [-0.15, -0.1) is 0 Å². The summed E-state index contributed by atoms with van der Waals surface area (Å²) in [5, 5.41) is 3.64. The molecule has 1 heterocycles. The van der Waals surface area contributed by atoms with Gasteiger partial charge in [0.25, 0.3) is 0 Å². The van der Waals surface area contributed by atoms with Gasteiger partial charge in [0, 0.05) is 44.8 Å². The van der Waals surface area contributed by atoms with Gasteiger partial charge in [0.05, 0.1) is 0 Å². The molecule has 1 saturated heterocycles. The van der Waals surface area contributed by atoms with Gasteiger partial charge in [0.1, 0.15) is 0 Å². The minimum Gasteiger partial charge on any atom is -0.316 e. The van der Waals surface area contributed by atoms with E-state index in [0.29, 0.717) is 11.0 Å². The van der Waals surface area contributed by atoms with Crippen molar-refractivity contribution in [3.8, 4) is 0 Å². The molecule has 3 heteroatoms. The molecular formula is C18H37N3. The van der Waals surface area contributed by atoms with Crippen LogP contribution in [-0.2, 0) is 0 Å². The second kappa shape index (κ2) is 7.43. The van der Waals surface area contributed by atoms with Crippen molar-refractivity contribution >= 4 is 0 Å². The summed E-state index contributed by atoms with van der Waals surface area (Å²) in [5.41, 5.74) is 0.885. The van der Waals surface area contributed by atoms with Crippen LogP contribution >= 0.6 is 0 Å². The Balaban J connectivity index is 1.87. The van der Waals surface area contributed by atoms with E-state index in [4.69, 9.17) is 0 Å². The lowest BCUT2D eigenvalue weighted by Gasteiger charge is -2.46. The van der Waals surface area contributed by atoms with Crippen LogP contribution in [-0.4, -0.2) is 61.2 Å². The van der Waals surface area contributed by atoms with Crippen LogP contribution in [0.15, 0.2) is 0 Å². The van der Waals surface area contributed by atoms with Gasteiger partial charge in [-0.05, 0) is 45.6 Å². The number of rotatable bonds is 5. The van der Waals surface area contributed by atoms with Crippen molar-refractivity contribution in [2.75, 3.05) is 45.8 Å². The molecule has 1 saturated carbocycles. The Morgan fingerprint density at radius 2 is 1.57 bits per heavy atom. The highest BCUT2D eigenvalue weighted by molar-refractivity contribution is 4.90. The van der Waals surface area contributed by atoms with Gasteiger partial charge in [0.15, 0.2) is 0 Å². The monoisotopic (exact) mass is 295 g/mol. The average molecular weight is 296 g/mol. The molecule has 0 aromatic rings. The SMILES string of the molecule is CCNCC1(CN2CCN(C(C)(C)C)CC2)CCCCC1. The fraction of sp³-hybridized carbons (Fsp3) is 1.00. The topological polar surface area (TPSA) is 18.5 Å². The molecule has 1 aliphatic carbocycles. The van der Waals surface area contributed by atoms with E-state index < -0.39 is 0 Å². The smallest absolute Gasteiger partial charge is 0.0126 e. The zero-order valence-electron chi connectivity index (χ0n) is 14.9. The minimum atomic E-state index is 0.332. The third-order valence-electron chi connectivity index (χ3n) is 5.54. The fourth-order valence-corrected chi connectivity index (χ4v) is 4.13. The van der Waals surface area contributed by atoms with Gasteiger partial charge in [-0.1, -0.05) is 26.2 Å². The first-order valence-corrected chi connectivity index (χ1v) is 9.13. The molecular weight excluding hydrogens is 258 g/mol. The summed E-state index contributed by atoms with van der Waals surface area (Å²) >= 11 is 0. The van der Waals surface area contributed by atoms with Crippen molar-refractivity contribution in [1.82, 2.24) is 15.1 Å². The third-order valence-corrected chi connectivity index (χ3v) is 5.54. The van der Waals surface area contributed by atoms with Gasteiger partial charge < -0.3 is 10.2 Å². The Morgan fingerprint density at radius 3 is 2.10 bits per heavy atom. The summed E-state index contributed by atoms with van der Waals surface area (Å²) < 4.78 is 0. The van der Waals surface area contributed by atoms with Gasteiger partial charge >= 0.3 is 0 Å². The molecule has 1 aliphatic heterocycles. The summed E-state index contributed by atoms with van der Waals surface area (Å²) in [6, 6.07) is 0. The van der Waals surface area contributed by atoms with E-state index in [2.05, 4.69) is 42.8 Å². The van der Waals surface area contributed by atoms with Crippen LogP contribution in [0.25, 0.3) is 0 Å². The summed E-state index contributed by atoms with van der Waals surface area (Å²) in [4.78, 5) is 5.38. The third kappa shape index (κ3) is 4.94. The predicted octanol–water partition coefficient (Wildman–Crippen LogP) is 2.96. The van der Waals surface area contributed by atoms with E-state index in [1.807, 2.05) is 0 Å². The first-order chi connectivity index (χ1) is 9.95. The first kappa shape index (κ1) is 17.2. The first-order valence-electron chi connectivity index (χ1n) is 9.13. The zero-order valence-corrected chi connectivity index (χ0v) is 14.9. The fourth-order valence-electron chi connectivity index (χ4n) is 4.13. The molecule has 2 rings (SSSR count). The number of nitrogens with zero attached hydrogens (tertiary/aromatic N) is 2. The van der Waals surface area contributed by atoms with E-state index in [1.165, 1.54) is 71.4 Å². The zero-order chi connectivity index (χ0) is 15.3. The second-order valence-electron chi connectivity index (χ2n) is 8.28. The van der Waals surface area contributed by atoms with Crippen molar-refractivity contribution in [3.05, 3.63) is 0 Å². The van der Waals surface area contributed by atoms with Crippen molar-refractivity contribution in [2.45, 2.75) is 65.3 Å². The number of hydrogen-bond acceptors (Lipinski definition) is 3. The highest BCUT2D eigenvalue weighted by Gasteiger charge is 2.35. The maximum Gasteiger partial charge on any atom is 0.0126 e.